The SMILES string of the molecule is O=C([O-])C(O)COP(=O)([O-])[O-].O=C([O-])C(O)COP(=O)([O-])[O-].[Ba+2].[Ba+2].[Ba+2]. The van der Waals surface area contributed by atoms with Crippen molar-refractivity contribution in [3.63, 3.8) is 0 Å². The number of aliphatic carboxylic acids is 2. The summed E-state index contributed by atoms with van der Waals surface area (Å²) in [7, 11) is -10.4. The van der Waals surface area contributed by atoms with Gasteiger partial charge in [-0.15, -0.1) is 0 Å². The number of carboxylic acids is 2. The van der Waals surface area contributed by atoms with Crippen LogP contribution in [0.25, 0.3) is 0 Å². The zero-order valence-corrected chi connectivity index (χ0v) is 27.5. The molecule has 0 heterocycles. The Bertz CT molecular complexity index is 419. The van der Waals surface area contributed by atoms with Gasteiger partial charge in [-0.1, -0.05) is 0 Å². The topological polar surface area (TPSA) is 266 Å². The van der Waals surface area contributed by atoms with E-state index in [-0.39, 0.29) is 147 Å². The number of carboxylic acid groups (broad SMARTS) is 2. The van der Waals surface area contributed by atoms with Crippen LogP contribution >= 0.6 is 15.6 Å². The summed E-state index contributed by atoms with van der Waals surface area (Å²) < 4.78 is 26.2. The molecule has 0 fully saturated rings. The van der Waals surface area contributed by atoms with Crippen molar-refractivity contribution >= 4 is 174 Å². The Kier molecular flexibility index (Phi) is 31.0. The molecule has 0 saturated carbocycles. The number of phosphoric ester groups is 2. The Morgan fingerprint density at radius 3 is 1.08 bits per heavy atom. The van der Waals surface area contributed by atoms with Crippen LogP contribution in [0.15, 0.2) is 0 Å². The van der Waals surface area contributed by atoms with Gasteiger partial charge in [0.1, 0.15) is 12.2 Å². The van der Waals surface area contributed by atoms with Gasteiger partial charge in [-0.2, -0.15) is 0 Å². The summed E-state index contributed by atoms with van der Waals surface area (Å²) in [5.74, 6) is -3.81. The summed E-state index contributed by atoms with van der Waals surface area (Å²) in [5.41, 5.74) is 0. The number of carbonyl (C=O) groups excluding carboxylic acids is 2. The van der Waals surface area contributed by atoms with E-state index in [9.17, 15) is 48.5 Å². The van der Waals surface area contributed by atoms with Crippen molar-refractivity contribution in [2.24, 2.45) is 0 Å². The Hall–Kier alpha value is 3.79. The summed E-state index contributed by atoms with van der Waals surface area (Å²) in [5, 5.41) is 36.0. The third-order valence-electron chi connectivity index (χ3n) is 1.33. The smallest absolute Gasteiger partial charge is 0.790 e. The van der Waals surface area contributed by atoms with Crippen LogP contribution in [0.2, 0.25) is 0 Å². The average Bonchev–Trinajstić information content (AvgIpc) is 2.31. The second-order valence-electron chi connectivity index (χ2n) is 3.16. The molecule has 0 radical (unpaired) electrons. The largest absolute Gasteiger partial charge is 2.00 e. The molecule has 0 aromatic heterocycles. The molecule has 0 aliphatic heterocycles. The van der Waals surface area contributed by atoms with Crippen LogP contribution in [-0.2, 0) is 27.8 Å². The monoisotopic (exact) mass is 780 g/mol. The summed E-state index contributed by atoms with van der Waals surface area (Å²) in [6, 6.07) is 0. The van der Waals surface area contributed by atoms with Crippen LogP contribution in [0, 0.1) is 0 Å². The van der Waals surface area contributed by atoms with Gasteiger partial charge in [-0.25, -0.2) is 0 Å². The molecule has 0 spiro atoms. The van der Waals surface area contributed by atoms with E-state index in [1.807, 2.05) is 0 Å². The number of phosphoric acid groups is 2. The van der Waals surface area contributed by atoms with E-state index in [0.717, 1.165) is 0 Å². The normalized spacial score (nSPS) is 12.7. The molecule has 14 nitrogen and oxygen atoms in total. The van der Waals surface area contributed by atoms with Crippen molar-refractivity contribution in [3.8, 4) is 0 Å². The number of hydrogen-bond donors (Lipinski definition) is 2. The fourth-order valence-electron chi connectivity index (χ4n) is 0.460. The van der Waals surface area contributed by atoms with E-state index >= 15 is 0 Å². The van der Waals surface area contributed by atoms with Crippen molar-refractivity contribution in [3.05, 3.63) is 0 Å². The van der Waals surface area contributed by atoms with Crippen molar-refractivity contribution in [2.75, 3.05) is 13.2 Å². The molecule has 0 saturated heterocycles. The van der Waals surface area contributed by atoms with E-state index in [1.165, 1.54) is 0 Å². The van der Waals surface area contributed by atoms with E-state index in [4.69, 9.17) is 10.2 Å². The minimum atomic E-state index is -5.21. The standard InChI is InChI=1S/2C3H7O7P.3Ba/c2*4-2(3(5)6)1-10-11(7,8)9;;;/h2*2,4H,1H2,(H,5,6)(H2,7,8,9);;;/q;;3*+2/p-6. The number of aliphatic hydroxyl groups is 2. The Morgan fingerprint density at radius 1 is 0.760 bits per heavy atom. The van der Waals surface area contributed by atoms with Gasteiger partial charge in [0.15, 0.2) is 0 Å². The van der Waals surface area contributed by atoms with E-state index in [2.05, 4.69) is 9.05 Å². The molecule has 25 heavy (non-hydrogen) atoms. The summed E-state index contributed by atoms with van der Waals surface area (Å²) in [6.45, 7) is -2.24. The van der Waals surface area contributed by atoms with Crippen molar-refractivity contribution in [2.45, 2.75) is 12.2 Å². The maximum absolute atomic E-state index is 9.68. The molecule has 2 unspecified atom stereocenters. The molecule has 0 aliphatic rings. The summed E-state index contributed by atoms with van der Waals surface area (Å²) in [4.78, 5) is 58.1. The molecule has 0 rings (SSSR count). The van der Waals surface area contributed by atoms with Crippen molar-refractivity contribution in [1.82, 2.24) is 0 Å². The molecule has 2 N–H and O–H groups in total. The van der Waals surface area contributed by atoms with Crippen LogP contribution in [0.5, 0.6) is 0 Å². The molecular weight excluding hydrogens is 770 g/mol. The van der Waals surface area contributed by atoms with Crippen LogP contribution in [-0.4, -0.2) is 194 Å². The number of rotatable bonds is 8. The van der Waals surface area contributed by atoms with E-state index < -0.39 is 53.0 Å². The van der Waals surface area contributed by atoms with Gasteiger partial charge in [-0.3, -0.25) is 0 Å². The van der Waals surface area contributed by atoms with Crippen LogP contribution < -0.4 is 29.8 Å². The van der Waals surface area contributed by atoms with E-state index in [1.54, 1.807) is 0 Å². The van der Waals surface area contributed by atoms with E-state index in [0.29, 0.717) is 0 Å². The van der Waals surface area contributed by atoms with Gasteiger partial charge < -0.3 is 67.8 Å². The quantitative estimate of drug-likeness (QED) is 0.171. The average molecular weight is 778 g/mol. The predicted octanol–water partition coefficient (Wildman–Crippen LogP) is -9.26. The Labute approximate surface area is 261 Å². The van der Waals surface area contributed by atoms with Crippen molar-refractivity contribution < 1.29 is 67.8 Å². The molecule has 19 heteroatoms. The molecule has 0 bridgehead atoms. The fraction of sp³-hybridized carbons (Fsp3) is 0.667. The zero-order chi connectivity index (χ0) is 18.1. The zero-order valence-electron chi connectivity index (χ0n) is 12.4. The number of carbonyl (C=O) groups is 2. The van der Waals surface area contributed by atoms with Gasteiger partial charge in [0.05, 0.1) is 40.8 Å². The first-order chi connectivity index (χ1) is 9.65. The van der Waals surface area contributed by atoms with Crippen LogP contribution in [0.3, 0.4) is 0 Å². The Morgan fingerprint density at radius 2 is 0.960 bits per heavy atom. The maximum Gasteiger partial charge on any atom is 2.00 e. The maximum atomic E-state index is 9.68. The van der Waals surface area contributed by atoms with Gasteiger partial charge in [0.25, 0.3) is 0 Å². The number of aliphatic hydroxyl groups excluding tert-OH is 2. The molecule has 132 valence electrons. The van der Waals surface area contributed by atoms with Gasteiger partial charge >= 0.3 is 147 Å². The Balaban J connectivity index is -0.0000000952. The molecule has 0 amide bonds. The molecule has 0 aromatic carbocycles. The first-order valence-corrected chi connectivity index (χ1v) is 7.69. The summed E-state index contributed by atoms with van der Waals surface area (Å²) >= 11 is 0. The summed E-state index contributed by atoms with van der Waals surface area (Å²) in [6.07, 6.45) is -4.21. The predicted molar refractivity (Wildman–Crippen MR) is 66.4 cm³/mol. The molecular formula is C6H8Ba3O14P2. The van der Waals surface area contributed by atoms with Crippen molar-refractivity contribution in [1.29, 1.82) is 0 Å². The van der Waals surface area contributed by atoms with Gasteiger partial charge in [0.2, 0.25) is 0 Å². The third kappa shape index (κ3) is 32.7. The van der Waals surface area contributed by atoms with Gasteiger partial charge in [-0.05, 0) is 0 Å². The molecule has 0 aliphatic carbocycles. The first kappa shape index (κ1) is 39.3. The second kappa shape index (κ2) is 19.7. The first-order valence-electron chi connectivity index (χ1n) is 4.76. The molecule has 0 aromatic rings. The third-order valence-corrected chi connectivity index (χ3v) is 2.26. The fourth-order valence-corrected chi connectivity index (χ4v) is 1.11. The number of hydrogen-bond acceptors (Lipinski definition) is 14. The minimum absolute atomic E-state index is 0. The van der Waals surface area contributed by atoms with Gasteiger partial charge in [0, 0.05) is 0 Å². The molecule has 2 atom stereocenters. The second-order valence-corrected chi connectivity index (χ2v) is 5.46. The van der Waals surface area contributed by atoms with Crippen LogP contribution in [0.1, 0.15) is 0 Å². The van der Waals surface area contributed by atoms with Crippen LogP contribution in [0.4, 0.5) is 0 Å². The minimum Gasteiger partial charge on any atom is -0.790 e.